The van der Waals surface area contributed by atoms with Crippen molar-refractivity contribution in [1.82, 2.24) is 10.2 Å². The molecule has 1 aliphatic carbocycles. The van der Waals surface area contributed by atoms with Crippen LogP contribution in [0.3, 0.4) is 0 Å². The van der Waals surface area contributed by atoms with Gasteiger partial charge in [0.1, 0.15) is 18.7 Å². The molecule has 0 bridgehead atoms. The van der Waals surface area contributed by atoms with E-state index in [2.05, 4.69) is 17.4 Å². The van der Waals surface area contributed by atoms with E-state index in [-0.39, 0.29) is 18.4 Å². The number of carbonyl (C=O) groups excluding carboxylic acids is 2. The molecule has 2 aromatic carbocycles. The lowest BCUT2D eigenvalue weighted by molar-refractivity contribution is -0.149. The standard InChI is InChI=1S/C24H26N2O5/c1-2-20(22(27)26-13-7-12-21(26)23(28)29)25-24(30)31-14-19-17-10-5-3-8-15(17)16-9-4-6-11-18(16)19/h3-6,8-11,19-21H,2,7,12-14H2,1H3,(H,25,30)(H,28,29). The highest BCUT2D eigenvalue weighted by Crippen LogP contribution is 2.44. The van der Waals surface area contributed by atoms with Crippen molar-refractivity contribution in [2.45, 2.75) is 44.2 Å². The average Bonchev–Trinajstić information content (AvgIpc) is 3.39. The van der Waals surface area contributed by atoms with Gasteiger partial charge in [0.25, 0.3) is 0 Å². The number of carboxylic acids is 1. The molecule has 1 fully saturated rings. The lowest BCUT2D eigenvalue weighted by Crippen LogP contribution is -2.51. The summed E-state index contributed by atoms with van der Waals surface area (Å²) in [5.41, 5.74) is 4.51. The van der Waals surface area contributed by atoms with Crippen LogP contribution in [0.15, 0.2) is 48.5 Å². The number of carboxylic acid groups (broad SMARTS) is 1. The predicted molar refractivity (Wildman–Crippen MR) is 115 cm³/mol. The fourth-order valence-electron chi connectivity index (χ4n) is 4.61. The number of fused-ring (bicyclic) bond motifs is 3. The van der Waals surface area contributed by atoms with E-state index in [1.165, 1.54) is 4.90 Å². The topological polar surface area (TPSA) is 95.9 Å². The van der Waals surface area contributed by atoms with Crippen molar-refractivity contribution >= 4 is 18.0 Å². The molecule has 1 heterocycles. The van der Waals surface area contributed by atoms with Gasteiger partial charge in [0.2, 0.25) is 5.91 Å². The first kappa shape index (κ1) is 20.9. The fraction of sp³-hybridized carbons (Fsp3) is 0.375. The first-order valence-corrected chi connectivity index (χ1v) is 10.7. The molecule has 2 atom stereocenters. The molecule has 0 aromatic heterocycles. The van der Waals surface area contributed by atoms with Crippen LogP contribution < -0.4 is 5.32 Å². The fourth-order valence-corrected chi connectivity index (χ4v) is 4.61. The Hall–Kier alpha value is -3.35. The van der Waals surface area contributed by atoms with Crippen LogP contribution in [-0.4, -0.2) is 53.2 Å². The Morgan fingerprint density at radius 1 is 1.10 bits per heavy atom. The Kier molecular flexibility index (Phi) is 5.93. The average molecular weight is 422 g/mol. The van der Waals surface area contributed by atoms with Crippen LogP contribution >= 0.6 is 0 Å². The third-order valence-electron chi connectivity index (χ3n) is 6.16. The Morgan fingerprint density at radius 2 is 1.71 bits per heavy atom. The summed E-state index contributed by atoms with van der Waals surface area (Å²) in [6.45, 7) is 2.32. The smallest absolute Gasteiger partial charge is 0.407 e. The Bertz CT molecular complexity index is 959. The number of likely N-dealkylation sites (tertiary alicyclic amines) is 1. The molecule has 2 amide bonds. The lowest BCUT2D eigenvalue weighted by Gasteiger charge is -2.26. The monoisotopic (exact) mass is 422 g/mol. The minimum absolute atomic E-state index is 0.0658. The maximum Gasteiger partial charge on any atom is 0.407 e. The summed E-state index contributed by atoms with van der Waals surface area (Å²) in [4.78, 5) is 38.1. The summed E-state index contributed by atoms with van der Waals surface area (Å²) < 4.78 is 5.52. The van der Waals surface area contributed by atoms with Crippen molar-refractivity contribution < 1.29 is 24.2 Å². The zero-order valence-electron chi connectivity index (χ0n) is 17.4. The van der Waals surface area contributed by atoms with Gasteiger partial charge in [-0.25, -0.2) is 9.59 Å². The van der Waals surface area contributed by atoms with Crippen LogP contribution in [0, 0.1) is 0 Å². The second-order valence-corrected chi connectivity index (χ2v) is 7.96. The molecule has 1 aliphatic heterocycles. The molecule has 2 N–H and O–H groups in total. The first-order chi connectivity index (χ1) is 15.0. The molecular weight excluding hydrogens is 396 g/mol. The van der Waals surface area contributed by atoms with E-state index < -0.39 is 24.1 Å². The summed E-state index contributed by atoms with van der Waals surface area (Å²) >= 11 is 0. The Morgan fingerprint density at radius 3 is 2.29 bits per heavy atom. The van der Waals surface area contributed by atoms with Gasteiger partial charge in [-0.3, -0.25) is 4.79 Å². The van der Waals surface area contributed by atoms with Crippen LogP contribution in [-0.2, 0) is 14.3 Å². The van der Waals surface area contributed by atoms with Crippen molar-refractivity contribution in [3.05, 3.63) is 59.7 Å². The van der Waals surface area contributed by atoms with Crippen LogP contribution in [0.2, 0.25) is 0 Å². The third kappa shape index (κ3) is 4.00. The molecule has 0 saturated carbocycles. The summed E-state index contributed by atoms with van der Waals surface area (Å²) in [6.07, 6.45) is 0.756. The molecule has 1 saturated heterocycles. The minimum Gasteiger partial charge on any atom is -0.480 e. The quantitative estimate of drug-likeness (QED) is 0.744. The highest BCUT2D eigenvalue weighted by molar-refractivity contribution is 5.89. The predicted octanol–water partition coefficient (Wildman–Crippen LogP) is 3.38. The van der Waals surface area contributed by atoms with E-state index in [9.17, 15) is 19.5 Å². The second kappa shape index (κ2) is 8.79. The molecule has 7 heteroatoms. The van der Waals surface area contributed by atoms with Gasteiger partial charge in [0, 0.05) is 12.5 Å². The summed E-state index contributed by atoms with van der Waals surface area (Å²) in [7, 11) is 0. The Balaban J connectivity index is 1.41. The van der Waals surface area contributed by atoms with Gasteiger partial charge in [-0.15, -0.1) is 0 Å². The van der Waals surface area contributed by atoms with Crippen LogP contribution in [0.5, 0.6) is 0 Å². The third-order valence-corrected chi connectivity index (χ3v) is 6.16. The van der Waals surface area contributed by atoms with Gasteiger partial charge in [0.15, 0.2) is 0 Å². The normalized spacial score (nSPS) is 18.2. The number of rotatable bonds is 6. The SMILES string of the molecule is CCC(NC(=O)OCC1c2ccccc2-c2ccccc21)C(=O)N1CCCC1C(=O)O. The number of alkyl carbamates (subject to hydrolysis) is 1. The minimum atomic E-state index is -1.01. The highest BCUT2D eigenvalue weighted by atomic mass is 16.5. The molecule has 0 spiro atoms. The van der Waals surface area contributed by atoms with Crippen molar-refractivity contribution in [2.75, 3.05) is 13.2 Å². The zero-order chi connectivity index (χ0) is 22.0. The molecule has 0 radical (unpaired) electrons. The maximum atomic E-state index is 12.8. The van der Waals surface area contributed by atoms with Crippen LogP contribution in [0.4, 0.5) is 4.79 Å². The lowest BCUT2D eigenvalue weighted by atomic mass is 9.98. The van der Waals surface area contributed by atoms with Crippen molar-refractivity contribution in [1.29, 1.82) is 0 Å². The van der Waals surface area contributed by atoms with Gasteiger partial charge in [-0.1, -0.05) is 55.5 Å². The molecule has 2 aromatic rings. The van der Waals surface area contributed by atoms with E-state index in [1.807, 2.05) is 36.4 Å². The Labute approximate surface area is 181 Å². The molecule has 162 valence electrons. The molecule has 2 aliphatic rings. The van der Waals surface area contributed by atoms with E-state index in [0.29, 0.717) is 25.8 Å². The highest BCUT2D eigenvalue weighted by Gasteiger charge is 2.37. The van der Waals surface area contributed by atoms with E-state index in [1.54, 1.807) is 6.92 Å². The maximum absolute atomic E-state index is 12.8. The van der Waals surface area contributed by atoms with Crippen LogP contribution in [0.25, 0.3) is 11.1 Å². The zero-order valence-corrected chi connectivity index (χ0v) is 17.4. The van der Waals surface area contributed by atoms with Gasteiger partial charge in [0.05, 0.1) is 0 Å². The molecular formula is C24H26N2O5. The second-order valence-electron chi connectivity index (χ2n) is 7.96. The number of ether oxygens (including phenoxy) is 1. The number of hydrogen-bond acceptors (Lipinski definition) is 4. The largest absolute Gasteiger partial charge is 0.480 e. The summed E-state index contributed by atoms with van der Waals surface area (Å²) in [5.74, 6) is -1.45. The molecule has 4 rings (SSSR count). The van der Waals surface area contributed by atoms with Crippen molar-refractivity contribution in [3.63, 3.8) is 0 Å². The number of nitrogens with zero attached hydrogens (tertiary/aromatic N) is 1. The number of aliphatic carboxylic acids is 1. The number of carbonyl (C=O) groups is 3. The van der Waals surface area contributed by atoms with Gasteiger partial charge < -0.3 is 20.1 Å². The number of benzene rings is 2. The van der Waals surface area contributed by atoms with E-state index >= 15 is 0 Å². The van der Waals surface area contributed by atoms with Gasteiger partial charge >= 0.3 is 12.1 Å². The summed E-state index contributed by atoms with van der Waals surface area (Å²) in [6, 6.07) is 14.5. The van der Waals surface area contributed by atoms with Crippen molar-refractivity contribution in [3.8, 4) is 11.1 Å². The summed E-state index contributed by atoms with van der Waals surface area (Å²) in [5, 5.41) is 12.0. The van der Waals surface area contributed by atoms with Gasteiger partial charge in [-0.05, 0) is 41.5 Å². The molecule has 2 unspecified atom stereocenters. The number of nitrogens with one attached hydrogen (secondary N) is 1. The number of amides is 2. The van der Waals surface area contributed by atoms with Crippen LogP contribution in [0.1, 0.15) is 43.2 Å². The van der Waals surface area contributed by atoms with Gasteiger partial charge in [-0.2, -0.15) is 0 Å². The first-order valence-electron chi connectivity index (χ1n) is 10.7. The van der Waals surface area contributed by atoms with Crippen molar-refractivity contribution in [2.24, 2.45) is 0 Å². The van der Waals surface area contributed by atoms with E-state index in [4.69, 9.17) is 4.74 Å². The molecule has 31 heavy (non-hydrogen) atoms. The van der Waals surface area contributed by atoms with E-state index in [0.717, 1.165) is 22.3 Å². The molecule has 7 nitrogen and oxygen atoms in total. The number of hydrogen-bond donors (Lipinski definition) is 2.